The van der Waals surface area contributed by atoms with Crippen LogP contribution in [0.3, 0.4) is 0 Å². The van der Waals surface area contributed by atoms with Crippen LogP contribution in [0.1, 0.15) is 18.0 Å². The molecule has 0 spiro atoms. The van der Waals surface area contributed by atoms with E-state index in [0.29, 0.717) is 10.8 Å². The summed E-state index contributed by atoms with van der Waals surface area (Å²) in [4.78, 5) is 0. The Hall–Kier alpha value is -1.24. The quantitative estimate of drug-likeness (QED) is 0.833. The molecule has 0 aromatic heterocycles. The maximum absolute atomic E-state index is 8.49. The highest BCUT2D eigenvalue weighted by molar-refractivity contribution is 6.31. The largest absolute Gasteiger partial charge is 0.497 e. The van der Waals surface area contributed by atoms with Crippen LogP contribution in [0.2, 0.25) is 5.02 Å². The van der Waals surface area contributed by atoms with Gasteiger partial charge in [0, 0.05) is 11.1 Å². The molecule has 0 aliphatic rings. The summed E-state index contributed by atoms with van der Waals surface area (Å²) in [6, 6.07) is 6.92. The Labute approximate surface area is 88.0 Å². The number of rotatable bonds is 3. The zero-order valence-corrected chi connectivity index (χ0v) is 8.58. The lowest BCUT2D eigenvalue weighted by Crippen LogP contribution is -2.09. The fraction of sp³-hybridized carbons (Fsp3) is 0.300. The van der Waals surface area contributed by atoms with Gasteiger partial charge in [-0.05, 0) is 17.7 Å². The van der Waals surface area contributed by atoms with Crippen molar-refractivity contribution in [3.63, 3.8) is 0 Å². The fourth-order valence-corrected chi connectivity index (χ4v) is 1.45. The molecule has 3 nitrogen and oxygen atoms in total. The molecule has 1 atom stereocenters. The predicted octanol–water partition coefficient (Wildman–Crippen LogP) is 2.26. The SMILES string of the molecule is COc1ccc(C(N)CC#N)c(Cl)c1. The molecule has 0 heterocycles. The van der Waals surface area contributed by atoms with Crippen LogP contribution >= 0.6 is 11.6 Å². The number of halogens is 1. The van der Waals surface area contributed by atoms with Gasteiger partial charge in [0.25, 0.3) is 0 Å². The van der Waals surface area contributed by atoms with Gasteiger partial charge in [-0.25, -0.2) is 0 Å². The summed E-state index contributed by atoms with van der Waals surface area (Å²) >= 11 is 5.97. The zero-order chi connectivity index (χ0) is 10.6. The smallest absolute Gasteiger partial charge is 0.120 e. The summed E-state index contributed by atoms with van der Waals surface area (Å²) in [7, 11) is 1.57. The Kier molecular flexibility index (Phi) is 3.75. The average molecular weight is 211 g/mol. The van der Waals surface area contributed by atoms with E-state index in [0.717, 1.165) is 5.56 Å². The Morgan fingerprint density at radius 1 is 1.64 bits per heavy atom. The van der Waals surface area contributed by atoms with Crippen molar-refractivity contribution < 1.29 is 4.74 Å². The van der Waals surface area contributed by atoms with Crippen molar-refractivity contribution in [1.82, 2.24) is 0 Å². The number of nitrogens with zero attached hydrogens (tertiary/aromatic N) is 1. The maximum Gasteiger partial charge on any atom is 0.120 e. The van der Waals surface area contributed by atoms with Crippen molar-refractivity contribution in [2.45, 2.75) is 12.5 Å². The zero-order valence-electron chi connectivity index (χ0n) is 7.83. The summed E-state index contributed by atoms with van der Waals surface area (Å²) in [5.41, 5.74) is 6.52. The van der Waals surface area contributed by atoms with E-state index in [1.807, 2.05) is 6.07 Å². The molecule has 0 fully saturated rings. The van der Waals surface area contributed by atoms with Crippen LogP contribution in [0.25, 0.3) is 0 Å². The Bertz CT molecular complexity index is 360. The van der Waals surface area contributed by atoms with Crippen LogP contribution in [0.5, 0.6) is 5.75 Å². The summed E-state index contributed by atoms with van der Waals surface area (Å²) in [6.07, 6.45) is 0.256. The van der Waals surface area contributed by atoms with Crippen molar-refractivity contribution in [3.05, 3.63) is 28.8 Å². The van der Waals surface area contributed by atoms with Crippen molar-refractivity contribution in [1.29, 1.82) is 5.26 Å². The molecule has 74 valence electrons. The topological polar surface area (TPSA) is 59.0 Å². The Morgan fingerprint density at radius 3 is 2.86 bits per heavy atom. The van der Waals surface area contributed by atoms with Gasteiger partial charge < -0.3 is 10.5 Å². The number of ether oxygens (including phenoxy) is 1. The van der Waals surface area contributed by atoms with Gasteiger partial charge in [0.1, 0.15) is 5.75 Å². The number of nitrogens with two attached hydrogens (primary N) is 1. The van der Waals surface area contributed by atoms with Gasteiger partial charge in [-0.1, -0.05) is 17.7 Å². The third-order valence-electron chi connectivity index (χ3n) is 1.92. The van der Waals surface area contributed by atoms with Crippen LogP contribution in [0.15, 0.2) is 18.2 Å². The van der Waals surface area contributed by atoms with Crippen LogP contribution < -0.4 is 10.5 Å². The first-order valence-electron chi connectivity index (χ1n) is 4.15. The number of benzene rings is 1. The van der Waals surface area contributed by atoms with Gasteiger partial charge in [0.05, 0.1) is 19.6 Å². The van der Waals surface area contributed by atoms with E-state index in [9.17, 15) is 0 Å². The lowest BCUT2D eigenvalue weighted by molar-refractivity contribution is 0.414. The molecule has 0 amide bonds. The standard InChI is InChI=1S/C10H11ClN2O/c1-14-7-2-3-8(9(11)6-7)10(13)4-5-12/h2-3,6,10H,4,13H2,1H3. The van der Waals surface area contributed by atoms with Crippen LogP contribution in [0, 0.1) is 11.3 Å². The molecule has 0 aliphatic heterocycles. The van der Waals surface area contributed by atoms with E-state index < -0.39 is 0 Å². The minimum Gasteiger partial charge on any atom is -0.497 e. The molecular formula is C10H11ClN2O. The normalized spacial score (nSPS) is 11.9. The molecular weight excluding hydrogens is 200 g/mol. The average Bonchev–Trinajstić information content (AvgIpc) is 2.17. The third kappa shape index (κ3) is 2.38. The monoisotopic (exact) mass is 210 g/mol. The van der Waals surface area contributed by atoms with Crippen molar-refractivity contribution in [3.8, 4) is 11.8 Å². The molecule has 0 bridgehead atoms. The highest BCUT2D eigenvalue weighted by Gasteiger charge is 2.10. The molecule has 0 saturated carbocycles. The molecule has 1 aromatic carbocycles. The van der Waals surface area contributed by atoms with Crippen molar-refractivity contribution in [2.24, 2.45) is 5.73 Å². The van der Waals surface area contributed by atoms with E-state index in [2.05, 4.69) is 0 Å². The van der Waals surface area contributed by atoms with Gasteiger partial charge in [-0.2, -0.15) is 5.26 Å². The number of hydrogen-bond donors (Lipinski definition) is 1. The first-order valence-corrected chi connectivity index (χ1v) is 4.52. The van der Waals surface area contributed by atoms with Crippen LogP contribution in [0.4, 0.5) is 0 Å². The molecule has 1 aromatic rings. The summed E-state index contributed by atoms with van der Waals surface area (Å²) in [5, 5.41) is 9.03. The van der Waals surface area contributed by atoms with Crippen LogP contribution in [-0.2, 0) is 0 Å². The third-order valence-corrected chi connectivity index (χ3v) is 2.25. The molecule has 14 heavy (non-hydrogen) atoms. The van der Waals surface area contributed by atoms with Gasteiger partial charge in [0.15, 0.2) is 0 Å². The van der Waals surface area contributed by atoms with Gasteiger partial charge in [-0.15, -0.1) is 0 Å². The molecule has 1 unspecified atom stereocenters. The number of hydrogen-bond acceptors (Lipinski definition) is 3. The van der Waals surface area contributed by atoms with Crippen molar-refractivity contribution >= 4 is 11.6 Å². The fourth-order valence-electron chi connectivity index (χ4n) is 1.14. The number of nitriles is 1. The van der Waals surface area contributed by atoms with E-state index in [-0.39, 0.29) is 12.5 Å². The molecule has 1 rings (SSSR count). The van der Waals surface area contributed by atoms with E-state index in [4.69, 9.17) is 27.3 Å². The number of methoxy groups -OCH3 is 1. The lowest BCUT2D eigenvalue weighted by Gasteiger charge is -2.10. The van der Waals surface area contributed by atoms with E-state index in [1.165, 1.54) is 0 Å². The van der Waals surface area contributed by atoms with Gasteiger partial charge >= 0.3 is 0 Å². The summed E-state index contributed by atoms with van der Waals surface area (Å²) < 4.78 is 5.00. The van der Waals surface area contributed by atoms with Gasteiger partial charge in [-0.3, -0.25) is 0 Å². The molecule has 0 radical (unpaired) electrons. The minimum absolute atomic E-state index is 0.256. The first-order chi connectivity index (χ1) is 6.69. The van der Waals surface area contributed by atoms with E-state index in [1.54, 1.807) is 25.3 Å². The predicted molar refractivity (Wildman–Crippen MR) is 55.2 cm³/mol. The lowest BCUT2D eigenvalue weighted by atomic mass is 10.1. The van der Waals surface area contributed by atoms with E-state index >= 15 is 0 Å². The highest BCUT2D eigenvalue weighted by Crippen LogP contribution is 2.27. The second-order valence-corrected chi connectivity index (χ2v) is 3.26. The minimum atomic E-state index is -0.335. The molecule has 0 saturated heterocycles. The van der Waals surface area contributed by atoms with Gasteiger partial charge in [0.2, 0.25) is 0 Å². The van der Waals surface area contributed by atoms with Crippen LogP contribution in [-0.4, -0.2) is 7.11 Å². The highest BCUT2D eigenvalue weighted by atomic mass is 35.5. The summed E-state index contributed by atoms with van der Waals surface area (Å²) in [6.45, 7) is 0. The molecule has 2 N–H and O–H groups in total. The summed E-state index contributed by atoms with van der Waals surface area (Å²) in [5.74, 6) is 0.683. The molecule has 4 heteroatoms. The maximum atomic E-state index is 8.49. The van der Waals surface area contributed by atoms with Crippen molar-refractivity contribution in [2.75, 3.05) is 7.11 Å². The Balaban J connectivity index is 2.94. The Morgan fingerprint density at radius 2 is 2.36 bits per heavy atom. The molecule has 0 aliphatic carbocycles. The second kappa shape index (κ2) is 4.85. The first kappa shape index (κ1) is 10.8. The second-order valence-electron chi connectivity index (χ2n) is 2.86.